The monoisotopic (exact) mass is 712 g/mol. The number of allylic oxidation sites excluding steroid dienone is 2. The average molecular weight is 713 g/mol. The highest BCUT2D eigenvalue weighted by Gasteiger charge is 2.70. The van der Waals surface area contributed by atoms with Crippen LogP contribution in [0, 0.1) is 65.1 Å². The maximum absolute atomic E-state index is 14.6. The first kappa shape index (κ1) is 37.7. The van der Waals surface area contributed by atoms with Crippen molar-refractivity contribution in [3.8, 4) is 0 Å². The second kappa shape index (κ2) is 15.2. The third kappa shape index (κ3) is 6.83. The Hall–Kier alpha value is -1.65. The first-order valence-corrected chi connectivity index (χ1v) is 20.5. The zero-order valence-corrected chi connectivity index (χ0v) is 32.1. The summed E-state index contributed by atoms with van der Waals surface area (Å²) in [7, 11) is 1.71. The summed E-state index contributed by atoms with van der Waals surface area (Å²) in [5.41, 5.74) is -0.0109. The van der Waals surface area contributed by atoms with E-state index in [1.165, 1.54) is 0 Å². The van der Waals surface area contributed by atoms with E-state index >= 15 is 0 Å². The molecule has 0 N–H and O–H groups in total. The van der Waals surface area contributed by atoms with Crippen molar-refractivity contribution < 1.29 is 42.8 Å². The van der Waals surface area contributed by atoms with Gasteiger partial charge < -0.3 is 33.2 Å². The number of ketones is 1. The summed E-state index contributed by atoms with van der Waals surface area (Å²) in [6.45, 7) is 13.5. The number of carbonyl (C=O) groups excluding carboxylic acids is 3. The Kier molecular flexibility index (Phi) is 11.2. The van der Waals surface area contributed by atoms with Crippen molar-refractivity contribution in [2.75, 3.05) is 13.7 Å². The molecule has 3 aliphatic heterocycles. The lowest BCUT2D eigenvalue weighted by Gasteiger charge is -2.51. The molecular formula is C42H64O9. The number of cyclic esters (lactones) is 1. The number of esters is 1. The van der Waals surface area contributed by atoms with Crippen molar-refractivity contribution in [3.05, 3.63) is 11.6 Å². The minimum Gasteiger partial charge on any atom is -0.463 e. The van der Waals surface area contributed by atoms with Crippen LogP contribution in [0.2, 0.25) is 0 Å². The molecule has 51 heavy (non-hydrogen) atoms. The number of rotatable bonds is 8. The predicted octanol–water partition coefficient (Wildman–Crippen LogP) is 7.09. The zero-order valence-electron chi connectivity index (χ0n) is 32.1. The smallest absolute Gasteiger partial charge is 0.306 e. The van der Waals surface area contributed by atoms with Crippen LogP contribution in [0.15, 0.2) is 11.6 Å². The minimum atomic E-state index is -0.830. The van der Waals surface area contributed by atoms with E-state index in [1.54, 1.807) is 7.11 Å². The molecule has 9 heteroatoms. The Morgan fingerprint density at radius 3 is 2.51 bits per heavy atom. The van der Waals surface area contributed by atoms with Crippen molar-refractivity contribution in [3.63, 3.8) is 0 Å². The molecule has 286 valence electrons. The van der Waals surface area contributed by atoms with Gasteiger partial charge >= 0.3 is 5.97 Å². The lowest BCUT2D eigenvalue weighted by Crippen LogP contribution is -2.63. The van der Waals surface area contributed by atoms with Gasteiger partial charge in [-0.1, -0.05) is 47.1 Å². The van der Waals surface area contributed by atoms with E-state index in [0.29, 0.717) is 30.3 Å². The summed E-state index contributed by atoms with van der Waals surface area (Å²) in [6, 6.07) is 0. The van der Waals surface area contributed by atoms with Gasteiger partial charge in [0.05, 0.1) is 43.4 Å². The van der Waals surface area contributed by atoms with Gasteiger partial charge in [-0.15, -0.1) is 0 Å². The Balaban J connectivity index is 1.06. The lowest BCUT2D eigenvalue weighted by atomic mass is 9.66. The maximum atomic E-state index is 14.6. The Bertz CT molecular complexity index is 1310. The van der Waals surface area contributed by atoms with Gasteiger partial charge in [-0.05, 0) is 112 Å². The van der Waals surface area contributed by atoms with Gasteiger partial charge in [0.2, 0.25) is 0 Å². The largest absolute Gasteiger partial charge is 0.463 e. The first-order chi connectivity index (χ1) is 24.5. The van der Waals surface area contributed by atoms with Crippen LogP contribution < -0.4 is 0 Å². The second-order valence-electron chi connectivity index (χ2n) is 17.8. The fraction of sp³-hybridized carbons (Fsp3) is 0.881. The summed E-state index contributed by atoms with van der Waals surface area (Å²) >= 11 is 0. The molecule has 6 fully saturated rings. The summed E-state index contributed by atoms with van der Waals surface area (Å²) < 4.78 is 37.7. The molecular weight excluding hydrogens is 648 g/mol. The molecule has 18 atom stereocenters. The third-order valence-electron chi connectivity index (χ3n) is 15.2. The quantitative estimate of drug-likeness (QED) is 0.193. The van der Waals surface area contributed by atoms with Crippen LogP contribution in [0.25, 0.3) is 0 Å². The van der Waals surface area contributed by atoms with Gasteiger partial charge in [-0.2, -0.15) is 0 Å². The molecule has 7 rings (SSSR count). The van der Waals surface area contributed by atoms with Gasteiger partial charge in [0.1, 0.15) is 5.60 Å². The fourth-order valence-electron chi connectivity index (χ4n) is 12.0. The van der Waals surface area contributed by atoms with Crippen molar-refractivity contribution >= 4 is 18.0 Å². The number of ether oxygens (including phenoxy) is 6. The molecule has 3 saturated heterocycles. The normalized spacial score (nSPS) is 49.2. The molecule has 18 unspecified atom stereocenters. The summed E-state index contributed by atoms with van der Waals surface area (Å²) in [6.07, 6.45) is 11.7. The molecule has 0 radical (unpaired) electrons. The van der Waals surface area contributed by atoms with Crippen molar-refractivity contribution in [1.29, 1.82) is 0 Å². The van der Waals surface area contributed by atoms with Gasteiger partial charge in [-0.3, -0.25) is 9.59 Å². The van der Waals surface area contributed by atoms with E-state index < -0.39 is 11.9 Å². The van der Waals surface area contributed by atoms with Crippen LogP contribution in [-0.2, 0) is 42.8 Å². The third-order valence-corrected chi connectivity index (χ3v) is 15.2. The number of carbonyl (C=O) groups is 3. The number of methoxy groups -OCH3 is 1. The van der Waals surface area contributed by atoms with Crippen LogP contribution in [0.5, 0.6) is 0 Å². The molecule has 3 saturated carbocycles. The number of hydrogen-bond acceptors (Lipinski definition) is 9. The maximum Gasteiger partial charge on any atom is 0.306 e. The molecule has 0 bridgehead atoms. The van der Waals surface area contributed by atoms with Crippen LogP contribution in [0.4, 0.5) is 0 Å². The highest BCUT2D eigenvalue weighted by Crippen LogP contribution is 2.60. The average Bonchev–Trinajstić information content (AvgIpc) is 3.73. The highest BCUT2D eigenvalue weighted by atomic mass is 16.7. The molecule has 4 aliphatic carbocycles. The SMILES string of the molecule is CCC(C)C1CCC(OC2CCCC(C)OC(=O)CC3C(=CC4C5CC(OC6OC7(C=O)C(C)C(OC)C(C)C67)CC5CCC34)C(=O)C2C)OC1. The van der Waals surface area contributed by atoms with Crippen LogP contribution in [0.3, 0.4) is 0 Å². The van der Waals surface area contributed by atoms with E-state index in [2.05, 4.69) is 26.8 Å². The molecule has 3 heterocycles. The van der Waals surface area contributed by atoms with Crippen LogP contribution in [0.1, 0.15) is 112 Å². The fourth-order valence-corrected chi connectivity index (χ4v) is 12.0. The number of Topliss-reactive ketones (excluding diaryl/α,β-unsaturated/α-hetero) is 1. The lowest BCUT2D eigenvalue weighted by molar-refractivity contribution is -0.349. The van der Waals surface area contributed by atoms with Crippen molar-refractivity contribution in [1.82, 2.24) is 0 Å². The van der Waals surface area contributed by atoms with Gasteiger partial charge in [-0.25, -0.2) is 0 Å². The number of aldehydes is 1. The van der Waals surface area contributed by atoms with Crippen LogP contribution in [-0.4, -0.2) is 74.4 Å². The molecule has 0 aromatic carbocycles. The zero-order chi connectivity index (χ0) is 36.2. The second-order valence-corrected chi connectivity index (χ2v) is 17.8. The highest BCUT2D eigenvalue weighted by molar-refractivity contribution is 5.99. The van der Waals surface area contributed by atoms with E-state index in [-0.39, 0.29) is 90.3 Å². The Labute approximate surface area is 305 Å². The first-order valence-electron chi connectivity index (χ1n) is 20.5. The van der Waals surface area contributed by atoms with Crippen molar-refractivity contribution in [2.24, 2.45) is 65.1 Å². The minimum absolute atomic E-state index is 0.0154. The molecule has 0 spiro atoms. The number of fused-ring (bicyclic) bond motifs is 6. The van der Waals surface area contributed by atoms with E-state index in [4.69, 9.17) is 28.4 Å². The van der Waals surface area contributed by atoms with Gasteiger partial charge in [0.15, 0.2) is 24.6 Å². The molecule has 0 aromatic rings. The molecule has 7 aliphatic rings. The summed E-state index contributed by atoms with van der Waals surface area (Å²) in [5, 5.41) is 0. The molecule has 9 nitrogen and oxygen atoms in total. The summed E-state index contributed by atoms with van der Waals surface area (Å²) in [4.78, 5) is 40.2. The Morgan fingerprint density at radius 1 is 1.00 bits per heavy atom. The van der Waals surface area contributed by atoms with Crippen LogP contribution >= 0.6 is 0 Å². The van der Waals surface area contributed by atoms with Gasteiger partial charge in [0.25, 0.3) is 0 Å². The van der Waals surface area contributed by atoms with Crippen molar-refractivity contribution in [2.45, 2.75) is 155 Å². The Morgan fingerprint density at radius 2 is 1.80 bits per heavy atom. The van der Waals surface area contributed by atoms with Gasteiger partial charge in [0, 0.05) is 24.9 Å². The topological polar surface area (TPSA) is 107 Å². The molecule has 0 amide bonds. The summed E-state index contributed by atoms with van der Waals surface area (Å²) in [5.74, 6) is 2.13. The number of hydrogen-bond donors (Lipinski definition) is 0. The van der Waals surface area contributed by atoms with E-state index in [9.17, 15) is 14.4 Å². The predicted molar refractivity (Wildman–Crippen MR) is 190 cm³/mol. The van der Waals surface area contributed by atoms with E-state index in [1.807, 2.05) is 20.8 Å². The van der Waals surface area contributed by atoms with E-state index in [0.717, 1.165) is 76.1 Å². The molecule has 0 aromatic heterocycles. The standard InChI is InChI=1S/C42H64O9/c1-8-22(2)28-13-15-37(47-20-28)50-35-11-9-10-23(3)48-36(44)19-33-30-14-12-27-16-29(17-31(27)32(30)18-34(33)39(45)24(35)4)49-41-38-25(5)40(46-7)26(6)42(38,21-43)51-41/h18,21-33,35,37-38,40-41H,8-17,19-20H2,1-7H3.